The third kappa shape index (κ3) is 6.34. The second-order valence-corrected chi connectivity index (χ2v) is 10.7. The summed E-state index contributed by atoms with van der Waals surface area (Å²) in [6.45, 7) is 0.517. The first-order valence-electron chi connectivity index (χ1n) is 13.8. The van der Waals surface area contributed by atoms with Gasteiger partial charge in [0.1, 0.15) is 17.2 Å². The zero-order chi connectivity index (χ0) is 30.8. The predicted octanol–water partition coefficient (Wildman–Crippen LogP) is 1.35. The number of pyridine rings is 1. The maximum absolute atomic E-state index is 14.4. The normalized spacial score (nSPS) is 16.4. The second-order valence-electron chi connectivity index (χ2n) is 10.7. The number of fused-ring (bicyclic) bond motifs is 2. The number of aliphatic hydroxyl groups is 2. The zero-order valence-electron chi connectivity index (χ0n) is 23.0. The first kappa shape index (κ1) is 29.7. The highest BCUT2D eigenvalue weighted by atomic mass is 19.1. The van der Waals surface area contributed by atoms with Gasteiger partial charge < -0.3 is 41.2 Å². The van der Waals surface area contributed by atoms with Crippen LogP contribution in [0.15, 0.2) is 41.2 Å². The summed E-state index contributed by atoms with van der Waals surface area (Å²) in [4.78, 5) is 60.3. The number of nitrogen functional groups attached to an aromatic ring is 1. The molecule has 0 radical (unpaired) electrons. The fourth-order valence-corrected chi connectivity index (χ4v) is 5.33. The third-order valence-corrected chi connectivity index (χ3v) is 7.62. The molecule has 226 valence electrons. The van der Waals surface area contributed by atoms with Gasteiger partial charge in [-0.3, -0.25) is 19.2 Å². The van der Waals surface area contributed by atoms with E-state index < -0.39 is 41.4 Å². The number of carbonyl (C=O) groups is 3. The molecule has 1 fully saturated rings. The van der Waals surface area contributed by atoms with Crippen molar-refractivity contribution in [2.24, 2.45) is 5.92 Å². The molecule has 2 amide bonds. The van der Waals surface area contributed by atoms with E-state index in [2.05, 4.69) is 20.3 Å². The van der Waals surface area contributed by atoms with Crippen LogP contribution in [0.2, 0.25) is 0 Å². The lowest BCUT2D eigenvalue weighted by Crippen LogP contribution is -2.34. The van der Waals surface area contributed by atoms with Crippen molar-refractivity contribution in [2.75, 3.05) is 25.4 Å². The number of hydrogen-bond acceptors (Lipinski definition) is 8. The Bertz CT molecular complexity index is 1770. The summed E-state index contributed by atoms with van der Waals surface area (Å²) in [7, 11) is 0. The molecule has 1 unspecified atom stereocenters. The van der Waals surface area contributed by atoms with Crippen LogP contribution in [0.25, 0.3) is 33.3 Å². The number of nitrogens with zero attached hydrogens (tertiary/aromatic N) is 2. The molecule has 1 aliphatic heterocycles. The monoisotopic (exact) mass is 594 g/mol. The maximum Gasteiger partial charge on any atom is 0.308 e. The number of aliphatic carboxylic acids is 1. The fraction of sp³-hybridized carbons (Fsp3) is 0.345. The summed E-state index contributed by atoms with van der Waals surface area (Å²) in [6, 6.07) is 8.89. The quantitative estimate of drug-likeness (QED) is 0.141. The van der Waals surface area contributed by atoms with Crippen LogP contribution in [-0.2, 0) is 9.59 Å². The number of nitrogens with two attached hydrogens (primary N) is 1. The average Bonchev–Trinajstić information content (AvgIpc) is 3.60. The van der Waals surface area contributed by atoms with Gasteiger partial charge in [-0.1, -0.05) is 6.07 Å². The van der Waals surface area contributed by atoms with E-state index in [0.29, 0.717) is 24.0 Å². The molecule has 0 saturated carbocycles. The van der Waals surface area contributed by atoms with Crippen molar-refractivity contribution in [3.05, 3.63) is 58.1 Å². The number of benzene rings is 2. The van der Waals surface area contributed by atoms with Crippen molar-refractivity contribution >= 4 is 45.4 Å². The Labute approximate surface area is 243 Å². The minimum atomic E-state index is -1.11. The number of nitrogens with one attached hydrogen (secondary N) is 3. The minimum absolute atomic E-state index is 0.0254. The van der Waals surface area contributed by atoms with Gasteiger partial charge in [-0.15, -0.1) is 0 Å². The van der Waals surface area contributed by atoms with E-state index in [-0.39, 0.29) is 71.8 Å². The van der Waals surface area contributed by atoms with Gasteiger partial charge in [-0.25, -0.2) is 9.37 Å². The lowest BCUT2D eigenvalue weighted by molar-refractivity contribution is -0.141. The molecular formula is C29H31FN6O7. The number of carbonyl (C=O) groups excluding carboxylic acids is 2. The molecule has 3 atom stereocenters. The van der Waals surface area contributed by atoms with E-state index in [1.165, 1.54) is 29.2 Å². The van der Waals surface area contributed by atoms with Crippen LogP contribution in [-0.4, -0.2) is 84.8 Å². The van der Waals surface area contributed by atoms with Gasteiger partial charge in [0.25, 0.3) is 11.5 Å². The molecule has 0 spiro atoms. The third-order valence-electron chi connectivity index (χ3n) is 7.62. The van der Waals surface area contributed by atoms with E-state index in [9.17, 15) is 33.8 Å². The molecule has 13 nitrogen and oxygen atoms in total. The van der Waals surface area contributed by atoms with E-state index >= 15 is 0 Å². The summed E-state index contributed by atoms with van der Waals surface area (Å²) < 4.78 is 14.4. The molecule has 8 N–H and O–H groups in total. The van der Waals surface area contributed by atoms with Gasteiger partial charge in [-0.2, -0.15) is 0 Å². The number of carboxylic acids is 1. The molecule has 4 aromatic rings. The van der Waals surface area contributed by atoms with E-state index in [4.69, 9.17) is 10.8 Å². The average molecular weight is 595 g/mol. The Morgan fingerprint density at radius 2 is 1.93 bits per heavy atom. The Morgan fingerprint density at radius 3 is 2.67 bits per heavy atom. The Morgan fingerprint density at radius 1 is 1.14 bits per heavy atom. The highest BCUT2D eigenvalue weighted by Gasteiger charge is 2.31. The summed E-state index contributed by atoms with van der Waals surface area (Å²) in [6.07, 6.45) is -1.91. The Hall–Kier alpha value is -4.82. The van der Waals surface area contributed by atoms with Crippen LogP contribution in [0.4, 0.5) is 10.1 Å². The number of likely N-dealkylation sites (tertiary alicyclic amines) is 1. The van der Waals surface area contributed by atoms with Crippen LogP contribution >= 0.6 is 0 Å². The molecule has 14 heteroatoms. The second kappa shape index (κ2) is 12.2. The number of aliphatic hydroxyl groups excluding tert-OH is 2. The van der Waals surface area contributed by atoms with Crippen LogP contribution in [0.1, 0.15) is 36.0 Å². The fourth-order valence-electron chi connectivity index (χ4n) is 5.33. The zero-order valence-corrected chi connectivity index (χ0v) is 23.0. The number of halogens is 1. The van der Waals surface area contributed by atoms with E-state index in [0.717, 1.165) is 0 Å². The van der Waals surface area contributed by atoms with Crippen LogP contribution in [0.3, 0.4) is 0 Å². The highest BCUT2D eigenvalue weighted by Crippen LogP contribution is 2.30. The summed E-state index contributed by atoms with van der Waals surface area (Å²) in [5, 5.41) is 32.3. The molecule has 0 aliphatic carbocycles. The summed E-state index contributed by atoms with van der Waals surface area (Å²) >= 11 is 0. The van der Waals surface area contributed by atoms with Gasteiger partial charge in [0.05, 0.1) is 52.2 Å². The topological polar surface area (TPSA) is 215 Å². The molecule has 1 saturated heterocycles. The van der Waals surface area contributed by atoms with Crippen LogP contribution in [0.5, 0.6) is 0 Å². The first-order valence-corrected chi connectivity index (χ1v) is 13.8. The molecule has 5 rings (SSSR count). The number of aromatic amines is 2. The predicted molar refractivity (Wildman–Crippen MR) is 155 cm³/mol. The van der Waals surface area contributed by atoms with Crippen molar-refractivity contribution in [1.29, 1.82) is 0 Å². The van der Waals surface area contributed by atoms with Crippen molar-refractivity contribution < 1.29 is 34.1 Å². The van der Waals surface area contributed by atoms with Gasteiger partial charge >= 0.3 is 5.97 Å². The highest BCUT2D eigenvalue weighted by molar-refractivity contribution is 6.00. The number of carboxylic acid groups (broad SMARTS) is 1. The molecular weight excluding hydrogens is 563 g/mol. The van der Waals surface area contributed by atoms with Gasteiger partial charge in [0.2, 0.25) is 5.91 Å². The number of H-pyrrole nitrogens is 2. The van der Waals surface area contributed by atoms with Crippen molar-refractivity contribution in [3.8, 4) is 11.4 Å². The standard InChI is InChI=1S/C29H31FN6O7/c30-18-2-1-3-20-23(18)25(31)24(28(41)35-20)26-33-19-5-4-14(10-21(19)34-26)27(40)32-8-6-16(37)11-17(38)12-22(39)36-9-7-15(13-36)29(42)43/h1-5,10,15-17,37-38H,6-9,11-13H2,(H,32,40)(H,33,34)(H,42,43)(H3,31,35,41)/t15?,16-,17-/m1/s1. The Kier molecular flexibility index (Phi) is 8.41. The summed E-state index contributed by atoms with van der Waals surface area (Å²) in [5.74, 6) is -2.84. The van der Waals surface area contributed by atoms with E-state index in [1.807, 2.05) is 0 Å². The SMILES string of the molecule is Nc1c(-c2nc3ccc(C(=O)NCC[C@@H](O)C[C@@H](O)CC(=O)N4CCC(C(=O)O)C4)cc3[nH]2)c(=O)[nH]c2cccc(F)c12. The van der Waals surface area contributed by atoms with Crippen molar-refractivity contribution in [3.63, 3.8) is 0 Å². The number of rotatable bonds is 10. The first-order chi connectivity index (χ1) is 20.5. The van der Waals surface area contributed by atoms with Gasteiger partial charge in [-0.05, 0) is 49.6 Å². The molecule has 2 aromatic carbocycles. The van der Waals surface area contributed by atoms with Gasteiger partial charge in [0.15, 0.2) is 0 Å². The molecule has 43 heavy (non-hydrogen) atoms. The van der Waals surface area contributed by atoms with Crippen molar-refractivity contribution in [1.82, 2.24) is 25.2 Å². The number of anilines is 1. The minimum Gasteiger partial charge on any atom is -0.481 e. The largest absolute Gasteiger partial charge is 0.481 e. The number of hydrogen-bond donors (Lipinski definition) is 7. The van der Waals surface area contributed by atoms with Crippen molar-refractivity contribution in [2.45, 2.75) is 37.9 Å². The smallest absolute Gasteiger partial charge is 0.308 e. The van der Waals surface area contributed by atoms with Gasteiger partial charge in [0, 0.05) is 25.2 Å². The maximum atomic E-state index is 14.4. The number of amides is 2. The Balaban J connectivity index is 1.16. The van der Waals surface area contributed by atoms with E-state index in [1.54, 1.807) is 12.1 Å². The lowest BCUT2D eigenvalue weighted by atomic mass is 10.1. The summed E-state index contributed by atoms with van der Waals surface area (Å²) in [5.41, 5.74) is 6.95. The van der Waals surface area contributed by atoms with Crippen LogP contribution < -0.4 is 16.6 Å². The molecule has 1 aliphatic rings. The number of imidazole rings is 1. The molecule has 0 bridgehead atoms. The number of aromatic nitrogens is 3. The lowest BCUT2D eigenvalue weighted by Gasteiger charge is -2.20. The molecule has 2 aromatic heterocycles. The molecule has 3 heterocycles. The van der Waals surface area contributed by atoms with Crippen LogP contribution in [0, 0.1) is 11.7 Å².